The molecule has 0 aliphatic carbocycles. The molecule has 1 atom stereocenters. The highest BCUT2D eigenvalue weighted by Crippen LogP contribution is 2.24. The van der Waals surface area contributed by atoms with Crippen molar-refractivity contribution in [2.75, 3.05) is 6.54 Å². The Hall–Kier alpha value is -2.80. The van der Waals surface area contributed by atoms with Gasteiger partial charge in [-0.1, -0.05) is 46.3 Å². The lowest BCUT2D eigenvalue weighted by Crippen LogP contribution is -2.32. The molecule has 0 aromatic heterocycles. The molecule has 176 valence electrons. The van der Waals surface area contributed by atoms with Crippen molar-refractivity contribution in [3.05, 3.63) is 69.7 Å². The number of hydrogen-bond donors (Lipinski definition) is 1. The fraction of sp³-hybridized carbons (Fsp3) is 0.385. The molecule has 7 heteroatoms. The number of likely N-dealkylation sites (tertiary alicyclic amines) is 1. The van der Waals surface area contributed by atoms with Crippen LogP contribution in [0.25, 0.3) is 6.08 Å². The number of halogens is 1. The zero-order valence-electron chi connectivity index (χ0n) is 19.2. The van der Waals surface area contributed by atoms with Gasteiger partial charge in [-0.05, 0) is 69.0 Å². The monoisotopic (exact) mass is 515 g/mol. The van der Waals surface area contributed by atoms with Crippen LogP contribution in [-0.4, -0.2) is 40.3 Å². The Balaban J connectivity index is 1.68. The minimum Gasteiger partial charge on any atom is -0.489 e. The van der Waals surface area contributed by atoms with Gasteiger partial charge in [0.15, 0.2) is 0 Å². The molecule has 6 nitrogen and oxygen atoms in total. The molecule has 1 aliphatic rings. The van der Waals surface area contributed by atoms with Gasteiger partial charge in [-0.15, -0.1) is 0 Å². The van der Waals surface area contributed by atoms with Crippen LogP contribution in [0.4, 0.5) is 4.79 Å². The second kappa shape index (κ2) is 10.9. The maximum Gasteiger partial charge on any atom is 0.407 e. The van der Waals surface area contributed by atoms with E-state index < -0.39 is 11.7 Å². The molecule has 1 aliphatic heterocycles. The summed E-state index contributed by atoms with van der Waals surface area (Å²) in [5, 5.41) is 9.32. The Bertz CT molecular complexity index is 1030. The van der Waals surface area contributed by atoms with Crippen LogP contribution in [0.2, 0.25) is 0 Å². The van der Waals surface area contributed by atoms with Gasteiger partial charge in [-0.2, -0.15) is 0 Å². The quantitative estimate of drug-likeness (QED) is 0.453. The molecular weight excluding hydrogens is 486 g/mol. The Kier molecular flexibility index (Phi) is 8.19. The van der Waals surface area contributed by atoms with Gasteiger partial charge in [0, 0.05) is 16.6 Å². The third-order valence-corrected chi connectivity index (χ3v) is 5.62. The Morgan fingerprint density at radius 3 is 2.70 bits per heavy atom. The number of carboxylic acid groups (broad SMARTS) is 1. The lowest BCUT2D eigenvalue weighted by Gasteiger charge is -2.20. The third-order valence-electron chi connectivity index (χ3n) is 5.16. The summed E-state index contributed by atoms with van der Waals surface area (Å²) in [4.78, 5) is 25.1. The van der Waals surface area contributed by atoms with Crippen molar-refractivity contribution >= 4 is 34.1 Å². The number of para-hydroxylation sites is 1. The second-order valence-corrected chi connectivity index (χ2v) is 10.0. The summed E-state index contributed by atoms with van der Waals surface area (Å²) in [6.45, 7) is 6.44. The van der Waals surface area contributed by atoms with Crippen LogP contribution in [0.15, 0.2) is 53.0 Å². The van der Waals surface area contributed by atoms with Crippen molar-refractivity contribution in [3.8, 4) is 5.75 Å². The molecule has 2 aromatic carbocycles. The van der Waals surface area contributed by atoms with Crippen LogP contribution >= 0.6 is 15.9 Å². The summed E-state index contributed by atoms with van der Waals surface area (Å²) in [5.41, 5.74) is 2.16. The fourth-order valence-electron chi connectivity index (χ4n) is 3.79. The maximum atomic E-state index is 12.3. The molecule has 0 saturated carbocycles. The average molecular weight is 516 g/mol. The molecule has 1 saturated heterocycles. The van der Waals surface area contributed by atoms with Crippen LogP contribution in [0.5, 0.6) is 5.75 Å². The van der Waals surface area contributed by atoms with E-state index in [4.69, 9.17) is 9.47 Å². The summed E-state index contributed by atoms with van der Waals surface area (Å²) >= 11 is 3.55. The molecule has 1 fully saturated rings. The Labute approximate surface area is 203 Å². The van der Waals surface area contributed by atoms with E-state index in [1.165, 1.54) is 4.90 Å². The molecular formula is C26H30BrNO5. The summed E-state index contributed by atoms with van der Waals surface area (Å²) < 4.78 is 12.4. The van der Waals surface area contributed by atoms with E-state index in [1.807, 2.05) is 75.4 Å². The SMILES string of the molecule is CC(C)(C)OC(=O)Cc1ccccc1OCc1cc(Br)cc(C=CC2CCCN2C(=O)O)c1. The normalized spacial score (nSPS) is 16.2. The molecule has 1 N–H and O–H groups in total. The lowest BCUT2D eigenvalue weighted by molar-refractivity contribution is -0.153. The number of carbonyl (C=O) groups excluding carboxylic acids is 1. The van der Waals surface area contributed by atoms with Crippen molar-refractivity contribution in [3.63, 3.8) is 0 Å². The number of esters is 1. The van der Waals surface area contributed by atoms with E-state index >= 15 is 0 Å². The summed E-state index contributed by atoms with van der Waals surface area (Å²) in [6, 6.07) is 13.3. The summed E-state index contributed by atoms with van der Waals surface area (Å²) in [5.74, 6) is 0.347. The van der Waals surface area contributed by atoms with Crippen LogP contribution in [0, 0.1) is 0 Å². The first kappa shape index (κ1) is 24.8. The molecule has 0 radical (unpaired) electrons. The zero-order chi connectivity index (χ0) is 24.0. The minimum atomic E-state index is -0.879. The smallest absolute Gasteiger partial charge is 0.407 e. The first-order valence-corrected chi connectivity index (χ1v) is 11.8. The molecule has 1 unspecified atom stereocenters. The number of benzene rings is 2. The van der Waals surface area contributed by atoms with Gasteiger partial charge in [-0.3, -0.25) is 4.79 Å². The van der Waals surface area contributed by atoms with Crippen molar-refractivity contribution in [2.45, 2.75) is 58.3 Å². The van der Waals surface area contributed by atoms with Gasteiger partial charge < -0.3 is 19.5 Å². The Morgan fingerprint density at radius 1 is 1.21 bits per heavy atom. The second-order valence-electron chi connectivity index (χ2n) is 9.10. The van der Waals surface area contributed by atoms with Gasteiger partial charge >= 0.3 is 12.1 Å². The highest BCUT2D eigenvalue weighted by atomic mass is 79.9. The lowest BCUT2D eigenvalue weighted by atomic mass is 10.1. The van der Waals surface area contributed by atoms with Crippen molar-refractivity contribution in [2.24, 2.45) is 0 Å². The Morgan fingerprint density at radius 2 is 1.97 bits per heavy atom. The van der Waals surface area contributed by atoms with E-state index in [9.17, 15) is 14.7 Å². The van der Waals surface area contributed by atoms with E-state index in [2.05, 4.69) is 15.9 Å². The first-order chi connectivity index (χ1) is 15.6. The maximum absolute atomic E-state index is 12.3. The largest absolute Gasteiger partial charge is 0.489 e. The molecule has 0 spiro atoms. The van der Waals surface area contributed by atoms with Gasteiger partial charge in [0.25, 0.3) is 0 Å². The molecule has 1 amide bonds. The number of amides is 1. The van der Waals surface area contributed by atoms with Crippen LogP contribution < -0.4 is 4.74 Å². The van der Waals surface area contributed by atoms with Gasteiger partial charge in [0.1, 0.15) is 18.0 Å². The predicted octanol–water partition coefficient (Wildman–Crippen LogP) is 6.07. The summed E-state index contributed by atoms with van der Waals surface area (Å²) in [7, 11) is 0. The van der Waals surface area contributed by atoms with Crippen molar-refractivity contribution in [1.82, 2.24) is 4.90 Å². The molecule has 2 aromatic rings. The van der Waals surface area contributed by atoms with Crippen LogP contribution in [0.1, 0.15) is 50.3 Å². The highest BCUT2D eigenvalue weighted by molar-refractivity contribution is 9.10. The first-order valence-electron chi connectivity index (χ1n) is 11.0. The van der Waals surface area contributed by atoms with Crippen molar-refractivity contribution < 1.29 is 24.2 Å². The van der Waals surface area contributed by atoms with Crippen molar-refractivity contribution in [1.29, 1.82) is 0 Å². The number of hydrogen-bond acceptors (Lipinski definition) is 4. The highest BCUT2D eigenvalue weighted by Gasteiger charge is 2.26. The number of ether oxygens (including phenoxy) is 2. The van der Waals surface area contributed by atoms with Gasteiger partial charge in [-0.25, -0.2) is 4.79 Å². The standard InChI is InChI=1S/C26H30BrNO5/c1-26(2,3)33-24(29)16-20-7-4-5-9-23(20)32-17-19-13-18(14-21(27)15-19)10-11-22-8-6-12-28(22)25(30)31/h4-5,7,9-11,13-15,22H,6,8,12,16-17H2,1-3H3,(H,30,31). The minimum absolute atomic E-state index is 0.0964. The number of carbonyl (C=O) groups is 2. The fourth-order valence-corrected chi connectivity index (χ4v) is 4.35. The number of rotatable bonds is 7. The summed E-state index contributed by atoms with van der Waals surface area (Å²) in [6.07, 6.45) is 4.88. The van der Waals surface area contributed by atoms with E-state index in [1.54, 1.807) is 0 Å². The number of nitrogens with zero attached hydrogens (tertiary/aromatic N) is 1. The van der Waals surface area contributed by atoms with E-state index in [-0.39, 0.29) is 18.4 Å². The molecule has 33 heavy (non-hydrogen) atoms. The third kappa shape index (κ3) is 7.63. The van der Waals surface area contributed by atoms with Gasteiger partial charge in [0.05, 0.1) is 12.5 Å². The molecule has 0 bridgehead atoms. The topological polar surface area (TPSA) is 76.1 Å². The van der Waals surface area contributed by atoms with Crippen LogP contribution in [-0.2, 0) is 22.6 Å². The van der Waals surface area contributed by atoms with E-state index in [0.29, 0.717) is 18.9 Å². The van der Waals surface area contributed by atoms with Crippen LogP contribution in [0.3, 0.4) is 0 Å². The average Bonchev–Trinajstić information content (AvgIpc) is 3.19. The van der Waals surface area contributed by atoms with Gasteiger partial charge in [0.2, 0.25) is 0 Å². The zero-order valence-corrected chi connectivity index (χ0v) is 20.8. The van der Waals surface area contributed by atoms with E-state index in [0.717, 1.165) is 34.0 Å². The molecule has 1 heterocycles. The molecule has 3 rings (SSSR count). The predicted molar refractivity (Wildman–Crippen MR) is 131 cm³/mol.